The van der Waals surface area contributed by atoms with Gasteiger partial charge in [0.05, 0.1) is 24.4 Å². The largest absolute Gasteiger partial charge is 0.505 e. The monoisotopic (exact) mass is 242 g/mol. The normalized spacial score (nSPS) is 9.12. The molecule has 0 atom stereocenters. The summed E-state index contributed by atoms with van der Waals surface area (Å²) < 4.78 is 0. The summed E-state index contributed by atoms with van der Waals surface area (Å²) in [6.07, 6.45) is 1.88. The topological polar surface area (TPSA) is 134 Å². The molecule has 1 aromatic rings. The number of carbonyl (C=O) groups excluding carboxylic acids is 1. The Morgan fingerprint density at radius 3 is 2.47 bits per heavy atom. The molecule has 0 amide bonds. The number of aliphatic carboxylic acids is 1. The maximum Gasteiger partial charge on any atom is 0.317 e. The molecule has 1 heterocycles. The molecule has 0 radical (unpaired) electrons. The van der Waals surface area contributed by atoms with E-state index in [-0.39, 0.29) is 24.5 Å². The van der Waals surface area contributed by atoms with E-state index in [2.05, 4.69) is 10.7 Å². The van der Waals surface area contributed by atoms with Crippen molar-refractivity contribution in [2.45, 2.75) is 13.5 Å². The van der Waals surface area contributed by atoms with Crippen LogP contribution in [0.4, 0.5) is 0 Å². The molecule has 17 heavy (non-hydrogen) atoms. The Balaban J connectivity index is 0.000000437. The van der Waals surface area contributed by atoms with Crippen LogP contribution in [0.2, 0.25) is 0 Å². The molecule has 0 aromatic carbocycles. The van der Waals surface area contributed by atoms with Gasteiger partial charge in [0.1, 0.15) is 5.75 Å². The number of aromatic hydroxyl groups is 1. The van der Waals surface area contributed by atoms with Crippen molar-refractivity contribution in [3.63, 3.8) is 0 Å². The number of carboxylic acids is 1. The zero-order valence-corrected chi connectivity index (χ0v) is 9.25. The molecule has 7 nitrogen and oxygen atoms in total. The first-order valence-electron chi connectivity index (χ1n) is 4.63. The van der Waals surface area contributed by atoms with Crippen LogP contribution in [-0.4, -0.2) is 39.1 Å². The number of rotatable bonds is 3. The number of aromatic nitrogens is 1. The molecule has 94 valence electrons. The molecule has 0 bridgehead atoms. The van der Waals surface area contributed by atoms with E-state index in [0.717, 1.165) is 0 Å². The number of hydrogen-bond acceptors (Lipinski definition) is 6. The molecule has 0 saturated carbocycles. The third-order valence-corrected chi connectivity index (χ3v) is 1.82. The predicted octanol–water partition coefficient (Wildman–Crippen LogP) is -0.570. The lowest BCUT2D eigenvalue weighted by Crippen LogP contribution is -2.10. The second kappa shape index (κ2) is 7.31. The highest BCUT2D eigenvalue weighted by molar-refractivity contribution is 5.81. The van der Waals surface area contributed by atoms with E-state index >= 15 is 0 Å². The molecule has 0 aliphatic carbocycles. The van der Waals surface area contributed by atoms with E-state index in [1.54, 1.807) is 6.92 Å². The SMILES string of the molecule is Cc1ncc(CO)c(C=O)c1O.NCC(=O)O. The quantitative estimate of drug-likeness (QED) is 0.521. The molecule has 1 rings (SSSR count). The minimum atomic E-state index is -0.968. The Morgan fingerprint density at radius 1 is 1.59 bits per heavy atom. The Morgan fingerprint density at radius 2 is 2.12 bits per heavy atom. The average Bonchev–Trinajstić information content (AvgIpc) is 2.33. The van der Waals surface area contributed by atoms with Gasteiger partial charge in [-0.2, -0.15) is 0 Å². The van der Waals surface area contributed by atoms with E-state index < -0.39 is 5.97 Å². The number of aliphatic hydroxyl groups excluding tert-OH is 1. The molecular weight excluding hydrogens is 228 g/mol. The van der Waals surface area contributed by atoms with E-state index in [1.807, 2.05) is 0 Å². The van der Waals surface area contributed by atoms with Gasteiger partial charge in [-0.1, -0.05) is 0 Å². The van der Waals surface area contributed by atoms with Gasteiger partial charge in [0.2, 0.25) is 0 Å². The van der Waals surface area contributed by atoms with Crippen LogP contribution in [0.3, 0.4) is 0 Å². The smallest absolute Gasteiger partial charge is 0.317 e. The molecule has 7 heteroatoms. The van der Waals surface area contributed by atoms with Gasteiger partial charge in [-0.25, -0.2) is 0 Å². The second-order valence-electron chi connectivity index (χ2n) is 3.00. The first kappa shape index (κ1) is 15.0. The highest BCUT2D eigenvalue weighted by atomic mass is 16.4. The van der Waals surface area contributed by atoms with Crippen molar-refractivity contribution in [2.24, 2.45) is 5.73 Å². The van der Waals surface area contributed by atoms with Crippen LogP contribution in [-0.2, 0) is 11.4 Å². The lowest BCUT2D eigenvalue weighted by atomic mass is 10.1. The van der Waals surface area contributed by atoms with E-state index in [9.17, 15) is 14.7 Å². The van der Waals surface area contributed by atoms with Crippen LogP contribution in [0.1, 0.15) is 21.6 Å². The Bertz CT molecular complexity index is 406. The predicted molar refractivity (Wildman–Crippen MR) is 58.6 cm³/mol. The van der Waals surface area contributed by atoms with Crippen LogP contribution < -0.4 is 5.73 Å². The molecular formula is C10H14N2O5. The maximum atomic E-state index is 10.5. The van der Waals surface area contributed by atoms with E-state index in [0.29, 0.717) is 17.5 Å². The Hall–Kier alpha value is -1.99. The molecule has 0 spiro atoms. The van der Waals surface area contributed by atoms with Crippen molar-refractivity contribution in [3.8, 4) is 5.75 Å². The van der Waals surface area contributed by atoms with Gasteiger partial charge in [0, 0.05) is 11.8 Å². The fourth-order valence-corrected chi connectivity index (χ4v) is 0.910. The van der Waals surface area contributed by atoms with Gasteiger partial charge in [0.25, 0.3) is 0 Å². The van der Waals surface area contributed by atoms with Crippen LogP contribution in [0, 0.1) is 6.92 Å². The summed E-state index contributed by atoms with van der Waals surface area (Å²) in [5, 5.41) is 25.7. The number of aliphatic hydroxyl groups is 1. The lowest BCUT2D eigenvalue weighted by Gasteiger charge is -2.04. The number of pyridine rings is 1. The van der Waals surface area contributed by atoms with Crippen molar-refractivity contribution in [3.05, 3.63) is 23.0 Å². The molecule has 0 unspecified atom stereocenters. The van der Waals surface area contributed by atoms with Gasteiger partial charge < -0.3 is 21.1 Å². The maximum absolute atomic E-state index is 10.5. The number of carbonyl (C=O) groups is 2. The highest BCUT2D eigenvalue weighted by Gasteiger charge is 2.09. The summed E-state index contributed by atoms with van der Waals surface area (Å²) in [7, 11) is 0. The summed E-state index contributed by atoms with van der Waals surface area (Å²) in [6.45, 7) is 1.01. The van der Waals surface area contributed by atoms with Crippen LogP contribution in [0.5, 0.6) is 5.75 Å². The number of carboxylic acid groups (broad SMARTS) is 1. The van der Waals surface area contributed by atoms with Crippen LogP contribution in [0.15, 0.2) is 6.20 Å². The van der Waals surface area contributed by atoms with Gasteiger partial charge in [-0.05, 0) is 6.92 Å². The zero-order chi connectivity index (χ0) is 13.4. The van der Waals surface area contributed by atoms with E-state index in [4.69, 9.17) is 10.2 Å². The van der Waals surface area contributed by atoms with Crippen LogP contribution >= 0.6 is 0 Å². The average molecular weight is 242 g/mol. The molecule has 1 aromatic heterocycles. The summed E-state index contributed by atoms with van der Waals surface area (Å²) in [6, 6.07) is 0. The number of aryl methyl sites for hydroxylation is 1. The van der Waals surface area contributed by atoms with Crippen molar-refractivity contribution >= 4 is 12.3 Å². The number of nitrogens with zero attached hydrogens (tertiary/aromatic N) is 1. The Labute approximate surface area is 97.5 Å². The minimum absolute atomic E-state index is 0.116. The van der Waals surface area contributed by atoms with Gasteiger partial charge >= 0.3 is 5.97 Å². The van der Waals surface area contributed by atoms with Gasteiger partial charge in [0.15, 0.2) is 6.29 Å². The van der Waals surface area contributed by atoms with Crippen molar-refractivity contribution in [2.75, 3.05) is 6.54 Å². The molecule has 0 aliphatic heterocycles. The third-order valence-electron chi connectivity index (χ3n) is 1.82. The fraction of sp³-hybridized carbons (Fsp3) is 0.300. The number of nitrogens with two attached hydrogens (primary N) is 1. The Kier molecular flexibility index (Phi) is 6.46. The van der Waals surface area contributed by atoms with Gasteiger partial charge in [-0.3, -0.25) is 14.6 Å². The highest BCUT2D eigenvalue weighted by Crippen LogP contribution is 2.21. The fourth-order valence-electron chi connectivity index (χ4n) is 0.910. The van der Waals surface area contributed by atoms with Gasteiger partial charge in [-0.15, -0.1) is 0 Å². The molecule has 5 N–H and O–H groups in total. The number of hydrogen-bond donors (Lipinski definition) is 4. The van der Waals surface area contributed by atoms with Crippen LogP contribution in [0.25, 0.3) is 0 Å². The third kappa shape index (κ3) is 4.58. The first-order valence-corrected chi connectivity index (χ1v) is 4.63. The summed E-state index contributed by atoms with van der Waals surface area (Å²) >= 11 is 0. The first-order chi connectivity index (χ1) is 7.97. The zero-order valence-electron chi connectivity index (χ0n) is 9.25. The number of aldehydes is 1. The van der Waals surface area contributed by atoms with Crippen molar-refractivity contribution in [1.82, 2.24) is 4.98 Å². The summed E-state index contributed by atoms with van der Waals surface area (Å²) in [5.41, 5.74) is 5.41. The minimum Gasteiger partial charge on any atom is -0.505 e. The summed E-state index contributed by atoms with van der Waals surface area (Å²) in [4.78, 5) is 23.5. The second-order valence-corrected chi connectivity index (χ2v) is 3.00. The summed E-state index contributed by atoms with van der Waals surface area (Å²) in [5.74, 6) is -1.12. The lowest BCUT2D eigenvalue weighted by molar-refractivity contribution is -0.135. The van der Waals surface area contributed by atoms with E-state index in [1.165, 1.54) is 6.20 Å². The molecule has 0 aliphatic rings. The van der Waals surface area contributed by atoms with Crippen molar-refractivity contribution < 1.29 is 24.9 Å². The molecule has 0 fully saturated rings. The van der Waals surface area contributed by atoms with Crippen molar-refractivity contribution in [1.29, 1.82) is 0 Å². The molecule has 0 saturated heterocycles. The standard InChI is InChI=1S/C8H9NO3.C2H5NO2/c1-5-8(12)7(4-11)6(3-10)2-9-5;3-1-2(4)5/h2,4,10,12H,3H2,1H3;1,3H2,(H,4,5).